The summed E-state index contributed by atoms with van der Waals surface area (Å²) >= 11 is 0. The zero-order valence-corrected chi connectivity index (χ0v) is 15.5. The van der Waals surface area contributed by atoms with E-state index in [0.717, 1.165) is 0 Å². The monoisotopic (exact) mass is 399 g/mol. The summed E-state index contributed by atoms with van der Waals surface area (Å²) in [6.07, 6.45) is -4.79. The zero-order valence-electron chi connectivity index (χ0n) is 15.5. The van der Waals surface area contributed by atoms with Gasteiger partial charge in [0.05, 0.1) is 7.11 Å². The normalized spacial score (nSPS) is 11.0. The molecule has 0 unspecified atom stereocenters. The van der Waals surface area contributed by atoms with Crippen LogP contribution in [0.5, 0.6) is 11.5 Å². The number of hydrogen-bond donors (Lipinski definition) is 1. The number of nitrogen functional groups attached to an aromatic ring is 1. The molecule has 0 aliphatic heterocycles. The standard InChI is InChI=1S/C21H16F3N3O2/c1-12-18(15-5-3-4-6-17(15)28-2)19(16(11-25)20(26)27-12)13-7-9-14(10-8-13)29-21(22,23)24/h3-10H,1-2H3,(H2,26,27). The van der Waals surface area contributed by atoms with Crippen molar-refractivity contribution in [2.75, 3.05) is 12.8 Å². The summed E-state index contributed by atoms with van der Waals surface area (Å²) in [6, 6.07) is 14.5. The Labute approximate surface area is 165 Å². The quantitative estimate of drug-likeness (QED) is 0.661. The molecule has 0 amide bonds. The highest BCUT2D eigenvalue weighted by atomic mass is 19.4. The van der Waals surface area contributed by atoms with E-state index >= 15 is 0 Å². The molecule has 8 heteroatoms. The summed E-state index contributed by atoms with van der Waals surface area (Å²) in [5.74, 6) is 0.232. The van der Waals surface area contributed by atoms with Crippen LogP contribution in [0.1, 0.15) is 11.3 Å². The molecule has 3 aromatic rings. The number of methoxy groups -OCH3 is 1. The highest BCUT2D eigenvalue weighted by Crippen LogP contribution is 2.42. The lowest BCUT2D eigenvalue weighted by molar-refractivity contribution is -0.274. The summed E-state index contributed by atoms with van der Waals surface area (Å²) in [5.41, 5.74) is 8.89. The number of nitrogens with two attached hydrogens (primary N) is 1. The van der Waals surface area contributed by atoms with Gasteiger partial charge in [-0.1, -0.05) is 30.3 Å². The number of anilines is 1. The molecule has 5 nitrogen and oxygen atoms in total. The number of aryl methyl sites for hydroxylation is 1. The number of nitrogens with zero attached hydrogens (tertiary/aromatic N) is 2. The Kier molecular flexibility index (Phi) is 5.33. The Morgan fingerprint density at radius 3 is 2.28 bits per heavy atom. The lowest BCUT2D eigenvalue weighted by Crippen LogP contribution is -2.16. The van der Waals surface area contributed by atoms with Gasteiger partial charge in [-0.25, -0.2) is 4.98 Å². The topological polar surface area (TPSA) is 81.2 Å². The second kappa shape index (κ2) is 7.72. The third-order valence-corrected chi connectivity index (χ3v) is 4.27. The van der Waals surface area contributed by atoms with Gasteiger partial charge in [-0.2, -0.15) is 5.26 Å². The fraction of sp³-hybridized carbons (Fsp3) is 0.143. The van der Waals surface area contributed by atoms with Crippen molar-refractivity contribution in [3.8, 4) is 39.8 Å². The van der Waals surface area contributed by atoms with Gasteiger partial charge >= 0.3 is 6.36 Å². The molecule has 3 rings (SSSR count). The van der Waals surface area contributed by atoms with Gasteiger partial charge in [0.15, 0.2) is 0 Å². The molecule has 29 heavy (non-hydrogen) atoms. The molecule has 0 aliphatic carbocycles. The van der Waals surface area contributed by atoms with Crippen molar-refractivity contribution < 1.29 is 22.6 Å². The highest BCUT2D eigenvalue weighted by Gasteiger charge is 2.31. The fourth-order valence-corrected chi connectivity index (χ4v) is 3.13. The molecule has 0 bridgehead atoms. The van der Waals surface area contributed by atoms with Crippen LogP contribution in [0.3, 0.4) is 0 Å². The Balaban J connectivity index is 2.26. The number of rotatable bonds is 4. The zero-order chi connectivity index (χ0) is 21.2. The number of pyridine rings is 1. The number of para-hydroxylation sites is 1. The van der Waals surface area contributed by atoms with Crippen molar-refractivity contribution in [2.24, 2.45) is 0 Å². The van der Waals surface area contributed by atoms with Crippen LogP contribution in [0.25, 0.3) is 22.3 Å². The maximum Gasteiger partial charge on any atom is 0.573 e. The molecule has 0 fully saturated rings. The van der Waals surface area contributed by atoms with Gasteiger partial charge in [-0.15, -0.1) is 13.2 Å². The van der Waals surface area contributed by atoms with Crippen molar-refractivity contribution in [1.82, 2.24) is 4.98 Å². The lowest BCUT2D eigenvalue weighted by atomic mass is 9.89. The summed E-state index contributed by atoms with van der Waals surface area (Å²) in [4.78, 5) is 4.27. The third kappa shape index (κ3) is 4.09. The molecule has 0 radical (unpaired) electrons. The van der Waals surface area contributed by atoms with Crippen molar-refractivity contribution in [3.05, 3.63) is 59.8 Å². The van der Waals surface area contributed by atoms with Gasteiger partial charge in [0.25, 0.3) is 0 Å². The highest BCUT2D eigenvalue weighted by molar-refractivity contribution is 5.92. The van der Waals surface area contributed by atoms with Crippen molar-refractivity contribution >= 4 is 5.82 Å². The van der Waals surface area contributed by atoms with Gasteiger partial charge < -0.3 is 15.2 Å². The van der Waals surface area contributed by atoms with E-state index in [0.29, 0.717) is 33.7 Å². The van der Waals surface area contributed by atoms with Crippen LogP contribution >= 0.6 is 0 Å². The summed E-state index contributed by atoms with van der Waals surface area (Å²) in [5, 5.41) is 9.68. The molecule has 0 spiro atoms. The maximum absolute atomic E-state index is 12.5. The minimum absolute atomic E-state index is 0.0364. The molecule has 2 aromatic carbocycles. The van der Waals surface area contributed by atoms with Crippen molar-refractivity contribution in [2.45, 2.75) is 13.3 Å². The number of benzene rings is 2. The lowest BCUT2D eigenvalue weighted by Gasteiger charge is -2.18. The Morgan fingerprint density at radius 2 is 1.69 bits per heavy atom. The first kappa shape index (κ1) is 20.0. The minimum Gasteiger partial charge on any atom is -0.496 e. The average Bonchev–Trinajstić information content (AvgIpc) is 2.67. The second-order valence-electron chi connectivity index (χ2n) is 6.09. The first-order valence-electron chi connectivity index (χ1n) is 8.45. The number of aromatic nitrogens is 1. The molecule has 0 saturated carbocycles. The van der Waals surface area contributed by atoms with Crippen molar-refractivity contribution in [3.63, 3.8) is 0 Å². The van der Waals surface area contributed by atoms with Crippen LogP contribution in [0.15, 0.2) is 48.5 Å². The maximum atomic E-state index is 12.5. The van der Waals surface area contributed by atoms with Crippen LogP contribution in [0.2, 0.25) is 0 Å². The fourth-order valence-electron chi connectivity index (χ4n) is 3.13. The van der Waals surface area contributed by atoms with Gasteiger partial charge in [-0.05, 0) is 30.7 Å². The summed E-state index contributed by atoms with van der Waals surface area (Å²) in [6.45, 7) is 1.74. The van der Waals surface area contributed by atoms with E-state index in [1.54, 1.807) is 19.1 Å². The van der Waals surface area contributed by atoms with E-state index in [4.69, 9.17) is 10.5 Å². The molecule has 2 N–H and O–H groups in total. The third-order valence-electron chi connectivity index (χ3n) is 4.27. The predicted octanol–water partition coefficient (Wildman–Crippen LogP) is 5.09. The smallest absolute Gasteiger partial charge is 0.496 e. The van der Waals surface area contributed by atoms with Crippen LogP contribution in [-0.2, 0) is 0 Å². The summed E-state index contributed by atoms with van der Waals surface area (Å²) < 4.78 is 46.7. The van der Waals surface area contributed by atoms with Gasteiger partial charge in [0, 0.05) is 22.4 Å². The van der Waals surface area contributed by atoms with E-state index in [1.807, 2.05) is 12.1 Å². The Morgan fingerprint density at radius 1 is 1.03 bits per heavy atom. The van der Waals surface area contributed by atoms with Gasteiger partial charge in [-0.3, -0.25) is 0 Å². The molecular formula is C21H16F3N3O2. The van der Waals surface area contributed by atoms with Crippen molar-refractivity contribution in [1.29, 1.82) is 5.26 Å². The van der Waals surface area contributed by atoms with Crippen LogP contribution in [0, 0.1) is 18.3 Å². The minimum atomic E-state index is -4.79. The first-order chi connectivity index (χ1) is 13.7. The molecular weight excluding hydrogens is 383 g/mol. The van der Waals surface area contributed by atoms with Gasteiger partial charge in [0.1, 0.15) is 28.9 Å². The molecule has 0 saturated heterocycles. The molecule has 1 heterocycles. The van der Waals surface area contributed by atoms with Crippen LogP contribution < -0.4 is 15.2 Å². The number of hydrogen-bond acceptors (Lipinski definition) is 5. The Hall–Kier alpha value is -3.73. The number of ether oxygens (including phenoxy) is 2. The van der Waals surface area contributed by atoms with E-state index in [-0.39, 0.29) is 17.1 Å². The SMILES string of the molecule is COc1ccccc1-c1c(C)nc(N)c(C#N)c1-c1ccc(OC(F)(F)F)cc1. The first-order valence-corrected chi connectivity index (χ1v) is 8.45. The van der Waals surface area contributed by atoms with E-state index in [2.05, 4.69) is 15.8 Å². The predicted molar refractivity (Wildman–Crippen MR) is 102 cm³/mol. The second-order valence-corrected chi connectivity index (χ2v) is 6.09. The van der Waals surface area contributed by atoms with Crippen LogP contribution in [0.4, 0.5) is 19.0 Å². The van der Waals surface area contributed by atoms with E-state index < -0.39 is 6.36 Å². The number of nitriles is 1. The summed E-state index contributed by atoms with van der Waals surface area (Å²) in [7, 11) is 1.52. The van der Waals surface area contributed by atoms with Crippen LogP contribution in [-0.4, -0.2) is 18.5 Å². The van der Waals surface area contributed by atoms with E-state index in [9.17, 15) is 18.4 Å². The number of halogens is 3. The van der Waals surface area contributed by atoms with Gasteiger partial charge in [0.2, 0.25) is 0 Å². The largest absolute Gasteiger partial charge is 0.573 e. The number of alkyl halides is 3. The average molecular weight is 399 g/mol. The van der Waals surface area contributed by atoms with E-state index in [1.165, 1.54) is 31.4 Å². The molecule has 1 aromatic heterocycles. The molecule has 0 atom stereocenters. The molecule has 148 valence electrons. The Bertz CT molecular complexity index is 1090. The molecule has 0 aliphatic rings.